The van der Waals surface area contributed by atoms with Crippen LogP contribution in [-0.4, -0.2) is 62.5 Å². The first kappa shape index (κ1) is 18.0. The lowest BCUT2D eigenvalue weighted by Gasteiger charge is -2.28. The number of amides is 1. The van der Waals surface area contributed by atoms with Crippen molar-refractivity contribution in [2.24, 2.45) is 0 Å². The van der Waals surface area contributed by atoms with Crippen molar-refractivity contribution in [3.05, 3.63) is 42.5 Å². The zero-order valence-electron chi connectivity index (χ0n) is 13.4. The van der Waals surface area contributed by atoms with Gasteiger partial charge in [-0.3, -0.25) is 4.79 Å². The molecule has 1 aromatic rings. The summed E-state index contributed by atoms with van der Waals surface area (Å²) in [5, 5.41) is 11.6. The molecule has 1 amide bonds. The number of ether oxygens (including phenoxy) is 2. The number of nitrogens with zero attached hydrogens (tertiary/aromatic N) is 1. The summed E-state index contributed by atoms with van der Waals surface area (Å²) in [6.45, 7) is 6.60. The molecule has 1 atom stereocenters. The summed E-state index contributed by atoms with van der Waals surface area (Å²) in [5.41, 5.74) is 1.42. The number of hydrogen-bond donors (Lipinski definition) is 2. The molecule has 0 bridgehead atoms. The Morgan fingerprint density at radius 1 is 1.33 bits per heavy atom. The lowest BCUT2D eigenvalue weighted by molar-refractivity contribution is -0.140. The summed E-state index contributed by atoms with van der Waals surface area (Å²) in [7, 11) is 0. The van der Waals surface area contributed by atoms with E-state index in [0.717, 1.165) is 18.8 Å². The Morgan fingerprint density at radius 2 is 2.00 bits per heavy atom. The van der Waals surface area contributed by atoms with Crippen LogP contribution in [0.2, 0.25) is 0 Å². The molecule has 130 valence electrons. The van der Waals surface area contributed by atoms with Crippen LogP contribution in [0, 0.1) is 0 Å². The number of carbonyl (C=O) groups is 2. The number of anilines is 1. The molecule has 0 radical (unpaired) electrons. The van der Waals surface area contributed by atoms with Gasteiger partial charge in [-0.2, -0.15) is 0 Å². The smallest absolute Gasteiger partial charge is 0.328 e. The zero-order valence-corrected chi connectivity index (χ0v) is 13.4. The number of morpholine rings is 1. The predicted octanol–water partition coefficient (Wildman–Crippen LogP) is 0.909. The van der Waals surface area contributed by atoms with E-state index in [1.807, 2.05) is 12.1 Å². The standard InChI is InChI=1S/C17H22N2O5/c1-2-9-24-12-15(17(21)22)18-16(20)13-3-5-14(6-4-13)19-7-10-23-11-8-19/h2-6,15H,1,7-12H2,(H,18,20)(H,21,22). The predicted molar refractivity (Wildman–Crippen MR) is 89.4 cm³/mol. The van der Waals surface area contributed by atoms with E-state index in [1.54, 1.807) is 12.1 Å². The maximum absolute atomic E-state index is 12.2. The average molecular weight is 334 g/mol. The molecule has 24 heavy (non-hydrogen) atoms. The Bertz CT molecular complexity index is 567. The van der Waals surface area contributed by atoms with Crippen molar-refractivity contribution in [1.29, 1.82) is 0 Å². The minimum Gasteiger partial charge on any atom is -0.480 e. The topological polar surface area (TPSA) is 88.1 Å². The van der Waals surface area contributed by atoms with Crippen molar-refractivity contribution in [2.75, 3.05) is 44.4 Å². The molecule has 7 nitrogen and oxygen atoms in total. The van der Waals surface area contributed by atoms with Gasteiger partial charge in [0.1, 0.15) is 0 Å². The Balaban J connectivity index is 1.95. The van der Waals surface area contributed by atoms with Gasteiger partial charge in [-0.1, -0.05) is 6.08 Å². The summed E-state index contributed by atoms with van der Waals surface area (Å²) in [6.07, 6.45) is 1.52. The van der Waals surface area contributed by atoms with E-state index in [4.69, 9.17) is 14.6 Å². The summed E-state index contributed by atoms with van der Waals surface area (Å²) in [6, 6.07) is 5.97. The van der Waals surface area contributed by atoms with Gasteiger partial charge in [0.15, 0.2) is 6.04 Å². The monoisotopic (exact) mass is 334 g/mol. The SMILES string of the molecule is C=CCOCC(NC(=O)c1ccc(N2CCOCC2)cc1)C(=O)O. The molecule has 2 rings (SSSR count). The molecular weight excluding hydrogens is 312 g/mol. The van der Waals surface area contributed by atoms with Crippen molar-refractivity contribution in [2.45, 2.75) is 6.04 Å². The number of rotatable bonds is 8. The molecule has 0 aromatic heterocycles. The lowest BCUT2D eigenvalue weighted by atomic mass is 10.1. The Morgan fingerprint density at radius 3 is 2.58 bits per heavy atom. The normalized spacial score (nSPS) is 15.6. The highest BCUT2D eigenvalue weighted by Gasteiger charge is 2.21. The van der Waals surface area contributed by atoms with Crippen molar-refractivity contribution < 1.29 is 24.2 Å². The number of hydrogen-bond acceptors (Lipinski definition) is 5. The number of benzene rings is 1. The summed E-state index contributed by atoms with van der Waals surface area (Å²) in [5.74, 6) is -1.59. The maximum Gasteiger partial charge on any atom is 0.328 e. The third-order valence-corrected chi connectivity index (χ3v) is 3.63. The summed E-state index contributed by atoms with van der Waals surface area (Å²) >= 11 is 0. The molecular formula is C17H22N2O5. The average Bonchev–Trinajstić information content (AvgIpc) is 2.61. The molecule has 1 fully saturated rings. The van der Waals surface area contributed by atoms with Crippen molar-refractivity contribution in [3.8, 4) is 0 Å². The van der Waals surface area contributed by atoms with Crippen LogP contribution in [0.25, 0.3) is 0 Å². The zero-order chi connectivity index (χ0) is 17.4. The van der Waals surface area contributed by atoms with E-state index in [9.17, 15) is 9.59 Å². The Labute approximate surface area is 140 Å². The van der Waals surface area contributed by atoms with Gasteiger partial charge in [0.05, 0.1) is 26.4 Å². The number of carbonyl (C=O) groups excluding carboxylic acids is 1. The van der Waals surface area contributed by atoms with Gasteiger partial charge in [0.2, 0.25) is 0 Å². The molecule has 2 N–H and O–H groups in total. The first-order chi connectivity index (χ1) is 11.6. The van der Waals surface area contributed by atoms with E-state index < -0.39 is 17.9 Å². The summed E-state index contributed by atoms with van der Waals surface area (Å²) in [4.78, 5) is 25.6. The largest absolute Gasteiger partial charge is 0.480 e. The third-order valence-electron chi connectivity index (χ3n) is 3.63. The van der Waals surface area contributed by atoms with E-state index in [-0.39, 0.29) is 13.2 Å². The fourth-order valence-corrected chi connectivity index (χ4v) is 2.33. The quantitative estimate of drug-likeness (QED) is 0.543. The van der Waals surface area contributed by atoms with Crippen LogP contribution in [0.3, 0.4) is 0 Å². The van der Waals surface area contributed by atoms with Gasteiger partial charge >= 0.3 is 5.97 Å². The Kier molecular flexibility index (Phi) is 6.77. The van der Waals surface area contributed by atoms with Crippen LogP contribution in [-0.2, 0) is 14.3 Å². The van der Waals surface area contributed by atoms with E-state index in [1.165, 1.54) is 6.08 Å². The van der Waals surface area contributed by atoms with E-state index in [2.05, 4.69) is 16.8 Å². The van der Waals surface area contributed by atoms with Gasteiger partial charge < -0.3 is 24.8 Å². The van der Waals surface area contributed by atoms with E-state index >= 15 is 0 Å². The van der Waals surface area contributed by atoms with Crippen molar-refractivity contribution in [1.82, 2.24) is 5.32 Å². The van der Waals surface area contributed by atoms with Crippen molar-refractivity contribution >= 4 is 17.6 Å². The second-order valence-electron chi connectivity index (χ2n) is 5.34. The van der Waals surface area contributed by atoms with E-state index in [0.29, 0.717) is 18.8 Å². The molecule has 1 heterocycles. The fourth-order valence-electron chi connectivity index (χ4n) is 2.33. The number of aliphatic carboxylic acids is 1. The first-order valence-corrected chi connectivity index (χ1v) is 7.77. The molecule has 1 aliphatic rings. The first-order valence-electron chi connectivity index (χ1n) is 7.77. The molecule has 0 spiro atoms. The highest BCUT2D eigenvalue weighted by Crippen LogP contribution is 2.16. The molecule has 1 aliphatic heterocycles. The van der Waals surface area contributed by atoms with Crippen LogP contribution in [0.4, 0.5) is 5.69 Å². The lowest BCUT2D eigenvalue weighted by Crippen LogP contribution is -2.44. The molecule has 1 unspecified atom stereocenters. The molecule has 1 aromatic carbocycles. The van der Waals surface area contributed by atoms with Crippen LogP contribution >= 0.6 is 0 Å². The van der Waals surface area contributed by atoms with Gasteiger partial charge in [-0.05, 0) is 24.3 Å². The molecule has 0 aliphatic carbocycles. The highest BCUT2D eigenvalue weighted by molar-refractivity contribution is 5.96. The second kappa shape index (κ2) is 9.05. The molecule has 1 saturated heterocycles. The minimum atomic E-state index is -1.14. The number of carboxylic acid groups (broad SMARTS) is 1. The Hall–Kier alpha value is -2.38. The molecule has 7 heteroatoms. The molecule has 0 saturated carbocycles. The third kappa shape index (κ3) is 5.07. The van der Waals surface area contributed by atoms with Crippen LogP contribution in [0.15, 0.2) is 36.9 Å². The van der Waals surface area contributed by atoms with Crippen LogP contribution in [0.1, 0.15) is 10.4 Å². The van der Waals surface area contributed by atoms with Crippen LogP contribution in [0.5, 0.6) is 0 Å². The van der Waals surface area contributed by atoms with Crippen LogP contribution < -0.4 is 10.2 Å². The number of carboxylic acids is 1. The number of nitrogens with one attached hydrogen (secondary N) is 1. The fraction of sp³-hybridized carbons (Fsp3) is 0.412. The van der Waals surface area contributed by atoms with Gasteiger partial charge in [0, 0.05) is 24.3 Å². The van der Waals surface area contributed by atoms with Gasteiger partial charge in [0.25, 0.3) is 5.91 Å². The van der Waals surface area contributed by atoms with Gasteiger partial charge in [-0.25, -0.2) is 4.79 Å². The van der Waals surface area contributed by atoms with Gasteiger partial charge in [-0.15, -0.1) is 6.58 Å². The second-order valence-corrected chi connectivity index (χ2v) is 5.34. The van der Waals surface area contributed by atoms with Crippen molar-refractivity contribution in [3.63, 3.8) is 0 Å². The maximum atomic E-state index is 12.2. The summed E-state index contributed by atoms with van der Waals surface area (Å²) < 4.78 is 10.4. The highest BCUT2D eigenvalue weighted by atomic mass is 16.5. The minimum absolute atomic E-state index is 0.112.